The number of hydrogen-bond donors (Lipinski definition) is 0. The molecule has 6 heavy (non-hydrogen) atoms. The van der Waals surface area contributed by atoms with Gasteiger partial charge in [-0.25, -0.2) is 0 Å². The van der Waals surface area contributed by atoms with E-state index in [0.717, 1.165) is 12.6 Å². The van der Waals surface area contributed by atoms with Gasteiger partial charge in [0.15, 0.2) is 0 Å². The Labute approximate surface area is 43.9 Å². The Morgan fingerprint density at radius 1 is 1.33 bits per heavy atom. The SMILES string of the molecule is CN(CP)CP. The van der Waals surface area contributed by atoms with Crippen LogP contribution < -0.4 is 0 Å². The van der Waals surface area contributed by atoms with Gasteiger partial charge in [-0.1, -0.05) is 0 Å². The highest BCUT2D eigenvalue weighted by atomic mass is 31.0. The molecular formula is C3H11NP2. The second-order valence-electron chi connectivity index (χ2n) is 1.22. The Bertz CT molecular complexity index is 28.0. The van der Waals surface area contributed by atoms with Crippen molar-refractivity contribution >= 4 is 18.5 Å². The van der Waals surface area contributed by atoms with Gasteiger partial charge in [0.05, 0.1) is 0 Å². The maximum Gasteiger partial charge on any atom is 0.0127 e. The topological polar surface area (TPSA) is 3.24 Å². The molecular weight excluding hydrogens is 112 g/mol. The molecule has 0 saturated heterocycles. The van der Waals surface area contributed by atoms with E-state index in [1.807, 2.05) is 0 Å². The molecule has 0 fully saturated rings. The Kier molecular flexibility index (Phi) is 4.54. The molecule has 0 rings (SSSR count). The number of nitrogens with zero attached hydrogens (tertiary/aromatic N) is 1. The van der Waals surface area contributed by atoms with Gasteiger partial charge in [-0.05, 0) is 7.05 Å². The van der Waals surface area contributed by atoms with Crippen LogP contribution in [0.2, 0.25) is 0 Å². The molecule has 0 aliphatic rings. The average molecular weight is 123 g/mol. The van der Waals surface area contributed by atoms with Crippen LogP contribution in [-0.4, -0.2) is 24.5 Å². The van der Waals surface area contributed by atoms with Crippen molar-refractivity contribution in [1.29, 1.82) is 0 Å². The van der Waals surface area contributed by atoms with Gasteiger partial charge in [0.1, 0.15) is 0 Å². The first-order valence-electron chi connectivity index (χ1n) is 1.90. The fraction of sp³-hybridized carbons (Fsp3) is 1.00. The van der Waals surface area contributed by atoms with Crippen molar-refractivity contribution in [2.45, 2.75) is 0 Å². The van der Waals surface area contributed by atoms with Crippen molar-refractivity contribution in [1.82, 2.24) is 4.90 Å². The first kappa shape index (κ1) is 6.82. The third-order valence-corrected chi connectivity index (χ3v) is 1.87. The van der Waals surface area contributed by atoms with Gasteiger partial charge in [-0.2, -0.15) is 0 Å². The summed E-state index contributed by atoms with van der Waals surface area (Å²) in [5.74, 6) is 0. The van der Waals surface area contributed by atoms with E-state index in [0.29, 0.717) is 0 Å². The molecule has 0 aliphatic heterocycles. The first-order chi connectivity index (χ1) is 2.81. The van der Waals surface area contributed by atoms with Gasteiger partial charge in [0.25, 0.3) is 0 Å². The highest BCUT2D eigenvalue weighted by molar-refractivity contribution is 7.17. The maximum absolute atomic E-state index is 2.65. The van der Waals surface area contributed by atoms with E-state index in [1.54, 1.807) is 0 Å². The minimum absolute atomic E-state index is 1.06. The molecule has 0 bridgehead atoms. The van der Waals surface area contributed by atoms with Gasteiger partial charge >= 0.3 is 0 Å². The minimum atomic E-state index is 1.06. The van der Waals surface area contributed by atoms with Crippen LogP contribution in [0.25, 0.3) is 0 Å². The van der Waals surface area contributed by atoms with Crippen LogP contribution >= 0.6 is 18.5 Å². The van der Waals surface area contributed by atoms with Crippen LogP contribution in [0.1, 0.15) is 0 Å². The van der Waals surface area contributed by atoms with Crippen LogP contribution in [-0.2, 0) is 0 Å². The lowest BCUT2D eigenvalue weighted by atomic mass is 11.0. The van der Waals surface area contributed by atoms with E-state index >= 15 is 0 Å². The molecule has 3 heteroatoms. The molecule has 0 spiro atoms. The quantitative estimate of drug-likeness (QED) is 0.485. The summed E-state index contributed by atoms with van der Waals surface area (Å²) in [5.41, 5.74) is 0. The lowest BCUT2D eigenvalue weighted by molar-refractivity contribution is 0.465. The first-order valence-corrected chi connectivity index (χ1v) is 3.53. The van der Waals surface area contributed by atoms with Crippen LogP contribution in [0.5, 0.6) is 0 Å². The summed E-state index contributed by atoms with van der Waals surface area (Å²) < 4.78 is 0. The molecule has 0 aromatic rings. The molecule has 38 valence electrons. The van der Waals surface area contributed by atoms with Crippen molar-refractivity contribution in [3.05, 3.63) is 0 Å². The van der Waals surface area contributed by atoms with Gasteiger partial charge in [-0.15, -0.1) is 18.5 Å². The predicted molar refractivity (Wildman–Crippen MR) is 36.9 cm³/mol. The van der Waals surface area contributed by atoms with Crippen molar-refractivity contribution in [2.75, 3.05) is 19.6 Å². The van der Waals surface area contributed by atoms with Crippen LogP contribution in [0.4, 0.5) is 0 Å². The van der Waals surface area contributed by atoms with E-state index in [9.17, 15) is 0 Å². The fourth-order valence-corrected chi connectivity index (χ4v) is 0.671. The highest BCUT2D eigenvalue weighted by Crippen LogP contribution is 1.91. The summed E-state index contributed by atoms with van der Waals surface area (Å²) in [4.78, 5) is 2.18. The zero-order valence-corrected chi connectivity index (χ0v) is 6.33. The molecule has 0 radical (unpaired) electrons. The summed E-state index contributed by atoms with van der Waals surface area (Å²) >= 11 is 0. The third kappa shape index (κ3) is 3.03. The lowest BCUT2D eigenvalue weighted by Crippen LogP contribution is -2.11. The summed E-state index contributed by atoms with van der Waals surface area (Å²) in [6.07, 6.45) is 2.12. The summed E-state index contributed by atoms with van der Waals surface area (Å²) in [6, 6.07) is 0. The third-order valence-electron chi connectivity index (χ3n) is 0.623. The lowest BCUT2D eigenvalue weighted by Gasteiger charge is -2.06. The van der Waals surface area contributed by atoms with E-state index < -0.39 is 0 Å². The van der Waals surface area contributed by atoms with Crippen molar-refractivity contribution in [3.8, 4) is 0 Å². The Morgan fingerprint density at radius 3 is 1.67 bits per heavy atom. The molecule has 0 aliphatic carbocycles. The Hall–Kier alpha value is 0.820. The molecule has 0 aromatic carbocycles. The average Bonchev–Trinajstić information content (AvgIpc) is 1.65. The predicted octanol–water partition coefficient (Wildman–Crippen LogP) is 0.583. The van der Waals surface area contributed by atoms with E-state index in [-0.39, 0.29) is 0 Å². The van der Waals surface area contributed by atoms with Gasteiger partial charge in [-0.3, -0.25) is 4.90 Å². The van der Waals surface area contributed by atoms with Crippen molar-refractivity contribution in [3.63, 3.8) is 0 Å². The monoisotopic (exact) mass is 123 g/mol. The molecule has 2 atom stereocenters. The standard InChI is InChI=1S/C3H11NP2/c1-4(2-5)3-6/h2-3,5-6H2,1H3. The molecule has 0 N–H and O–H groups in total. The summed E-state index contributed by atoms with van der Waals surface area (Å²) in [5, 5.41) is 0. The Balaban J connectivity index is 2.75. The van der Waals surface area contributed by atoms with Crippen molar-refractivity contribution < 1.29 is 0 Å². The van der Waals surface area contributed by atoms with Gasteiger partial charge < -0.3 is 0 Å². The zero-order valence-electron chi connectivity index (χ0n) is 4.02. The number of hydrogen-bond acceptors (Lipinski definition) is 1. The summed E-state index contributed by atoms with van der Waals surface area (Å²) in [6.45, 7) is 0. The van der Waals surface area contributed by atoms with E-state index in [2.05, 4.69) is 30.4 Å². The van der Waals surface area contributed by atoms with Crippen LogP contribution in [0.3, 0.4) is 0 Å². The zero-order chi connectivity index (χ0) is 4.99. The Morgan fingerprint density at radius 2 is 1.67 bits per heavy atom. The second kappa shape index (κ2) is 3.99. The molecule has 0 aromatic heterocycles. The van der Waals surface area contributed by atoms with Gasteiger partial charge in [0, 0.05) is 12.6 Å². The van der Waals surface area contributed by atoms with E-state index in [1.165, 1.54) is 0 Å². The van der Waals surface area contributed by atoms with Crippen LogP contribution in [0, 0.1) is 0 Å². The maximum atomic E-state index is 2.65. The normalized spacial score (nSPS) is 10.0. The number of rotatable bonds is 2. The minimum Gasteiger partial charge on any atom is -0.299 e. The fourth-order valence-electron chi connectivity index (χ4n) is 0.0745. The molecule has 0 saturated carbocycles. The summed E-state index contributed by atoms with van der Waals surface area (Å²) in [7, 11) is 7.37. The van der Waals surface area contributed by atoms with E-state index in [4.69, 9.17) is 0 Å². The molecule has 1 nitrogen and oxygen atoms in total. The highest BCUT2D eigenvalue weighted by Gasteiger charge is 1.81. The van der Waals surface area contributed by atoms with Gasteiger partial charge in [0.2, 0.25) is 0 Å². The molecule has 0 heterocycles. The smallest absolute Gasteiger partial charge is 0.0127 e. The van der Waals surface area contributed by atoms with Crippen molar-refractivity contribution in [2.24, 2.45) is 0 Å². The second-order valence-corrected chi connectivity index (χ2v) is 1.95. The molecule has 0 amide bonds. The largest absolute Gasteiger partial charge is 0.299 e. The molecule has 2 unspecified atom stereocenters. The van der Waals surface area contributed by atoms with Crippen LogP contribution in [0.15, 0.2) is 0 Å².